The number of amides is 1. The van der Waals surface area contributed by atoms with Crippen molar-refractivity contribution in [3.05, 3.63) is 59.2 Å². The number of hydrogen-bond donors (Lipinski definition) is 2. The molecule has 0 spiro atoms. The third-order valence-corrected chi connectivity index (χ3v) is 5.10. The molecule has 0 saturated carbocycles. The quantitative estimate of drug-likeness (QED) is 0.819. The first kappa shape index (κ1) is 17.3. The summed E-state index contributed by atoms with van der Waals surface area (Å²) in [6.45, 7) is 2.26. The zero-order valence-corrected chi connectivity index (χ0v) is 14.9. The van der Waals surface area contributed by atoms with Crippen molar-refractivity contribution in [3.8, 4) is 5.75 Å². The Hall–Kier alpha value is -2.49. The molecule has 3 rings (SSSR count). The summed E-state index contributed by atoms with van der Waals surface area (Å²) in [6, 6.07) is 14.6. The molecule has 25 heavy (non-hydrogen) atoms. The number of anilines is 1. The molecule has 132 valence electrons. The third kappa shape index (κ3) is 4.13. The zero-order chi connectivity index (χ0) is 17.8. The monoisotopic (exact) mass is 338 g/mol. The van der Waals surface area contributed by atoms with Crippen LogP contribution in [0.2, 0.25) is 0 Å². The highest BCUT2D eigenvalue weighted by Crippen LogP contribution is 2.42. The average molecular weight is 338 g/mol. The first-order valence-electron chi connectivity index (χ1n) is 8.83. The molecule has 0 bridgehead atoms. The molecule has 4 heteroatoms. The Morgan fingerprint density at radius 2 is 2.00 bits per heavy atom. The fourth-order valence-corrected chi connectivity index (χ4v) is 3.80. The lowest BCUT2D eigenvalue weighted by Gasteiger charge is -2.32. The Morgan fingerprint density at radius 3 is 2.68 bits per heavy atom. The van der Waals surface area contributed by atoms with E-state index in [-0.39, 0.29) is 5.91 Å². The Balaban J connectivity index is 1.86. The normalized spacial score (nSPS) is 19.1. The summed E-state index contributed by atoms with van der Waals surface area (Å²) >= 11 is 0. The number of hydrogen-bond acceptors (Lipinski definition) is 3. The lowest BCUT2D eigenvalue weighted by atomic mass is 9.73. The van der Waals surface area contributed by atoms with Crippen LogP contribution in [0.4, 0.5) is 5.69 Å². The van der Waals surface area contributed by atoms with Gasteiger partial charge in [-0.3, -0.25) is 4.79 Å². The van der Waals surface area contributed by atoms with Gasteiger partial charge in [-0.05, 0) is 72.1 Å². The van der Waals surface area contributed by atoms with Crippen molar-refractivity contribution in [3.63, 3.8) is 0 Å². The van der Waals surface area contributed by atoms with Gasteiger partial charge < -0.3 is 15.8 Å². The van der Waals surface area contributed by atoms with Gasteiger partial charge in [-0.2, -0.15) is 0 Å². The van der Waals surface area contributed by atoms with Gasteiger partial charge in [-0.15, -0.1) is 0 Å². The van der Waals surface area contributed by atoms with E-state index in [1.165, 1.54) is 16.7 Å². The van der Waals surface area contributed by atoms with Crippen LogP contribution < -0.4 is 15.8 Å². The summed E-state index contributed by atoms with van der Waals surface area (Å²) in [5, 5.41) is 2.93. The molecule has 1 aliphatic rings. The van der Waals surface area contributed by atoms with E-state index in [2.05, 4.69) is 29.6 Å². The SMILES string of the molecule is COc1ccc2c(c1)C(CCNC(C)=O)CC(c1ccc(N)cc1)C2. The second-order valence-corrected chi connectivity index (χ2v) is 6.84. The van der Waals surface area contributed by atoms with Crippen molar-refractivity contribution in [2.24, 2.45) is 0 Å². The van der Waals surface area contributed by atoms with Crippen molar-refractivity contribution in [1.29, 1.82) is 0 Å². The molecule has 0 fully saturated rings. The molecule has 0 radical (unpaired) electrons. The van der Waals surface area contributed by atoms with E-state index in [4.69, 9.17) is 10.5 Å². The van der Waals surface area contributed by atoms with Crippen LogP contribution in [0, 0.1) is 0 Å². The predicted octanol–water partition coefficient (Wildman–Crippen LogP) is 3.62. The molecule has 0 saturated heterocycles. The highest BCUT2D eigenvalue weighted by molar-refractivity contribution is 5.72. The van der Waals surface area contributed by atoms with E-state index >= 15 is 0 Å². The van der Waals surface area contributed by atoms with Crippen LogP contribution in [0.3, 0.4) is 0 Å². The minimum atomic E-state index is 0.0248. The maximum Gasteiger partial charge on any atom is 0.216 e. The molecule has 1 aliphatic carbocycles. The van der Waals surface area contributed by atoms with Gasteiger partial charge in [-0.25, -0.2) is 0 Å². The van der Waals surface area contributed by atoms with Gasteiger partial charge >= 0.3 is 0 Å². The number of nitrogens with one attached hydrogen (secondary N) is 1. The number of carbonyl (C=O) groups excluding carboxylic acids is 1. The van der Waals surface area contributed by atoms with Crippen LogP contribution >= 0.6 is 0 Å². The molecule has 4 nitrogen and oxygen atoms in total. The van der Waals surface area contributed by atoms with Crippen molar-refractivity contribution in [2.45, 2.75) is 38.0 Å². The van der Waals surface area contributed by atoms with Gasteiger partial charge in [0, 0.05) is 19.2 Å². The summed E-state index contributed by atoms with van der Waals surface area (Å²) in [4.78, 5) is 11.2. The molecule has 2 aromatic rings. The van der Waals surface area contributed by atoms with Crippen LogP contribution in [0.15, 0.2) is 42.5 Å². The molecule has 2 aromatic carbocycles. The molecule has 2 unspecified atom stereocenters. The number of methoxy groups -OCH3 is 1. The second kappa shape index (κ2) is 7.60. The molecule has 2 atom stereocenters. The lowest BCUT2D eigenvalue weighted by Crippen LogP contribution is -2.25. The summed E-state index contributed by atoms with van der Waals surface area (Å²) in [5.41, 5.74) is 10.7. The van der Waals surface area contributed by atoms with E-state index in [1.807, 2.05) is 18.2 Å². The van der Waals surface area contributed by atoms with Gasteiger partial charge in [0.2, 0.25) is 5.91 Å². The van der Waals surface area contributed by atoms with Crippen LogP contribution in [-0.2, 0) is 11.2 Å². The number of carbonyl (C=O) groups is 1. The third-order valence-electron chi connectivity index (χ3n) is 5.10. The van der Waals surface area contributed by atoms with Gasteiger partial charge in [0.1, 0.15) is 5.75 Å². The maximum absolute atomic E-state index is 11.2. The number of rotatable bonds is 5. The van der Waals surface area contributed by atoms with Gasteiger partial charge in [-0.1, -0.05) is 18.2 Å². The molecular formula is C21H26N2O2. The summed E-state index contributed by atoms with van der Waals surface area (Å²) in [5.74, 6) is 1.81. The number of fused-ring (bicyclic) bond motifs is 1. The van der Waals surface area contributed by atoms with Crippen LogP contribution in [-0.4, -0.2) is 19.6 Å². The highest BCUT2D eigenvalue weighted by Gasteiger charge is 2.28. The fourth-order valence-electron chi connectivity index (χ4n) is 3.80. The van der Waals surface area contributed by atoms with Crippen molar-refractivity contribution in [1.82, 2.24) is 5.32 Å². The van der Waals surface area contributed by atoms with E-state index in [9.17, 15) is 4.79 Å². The average Bonchev–Trinajstić information content (AvgIpc) is 2.61. The first-order chi connectivity index (χ1) is 12.1. The summed E-state index contributed by atoms with van der Waals surface area (Å²) < 4.78 is 5.41. The largest absolute Gasteiger partial charge is 0.497 e. The Kier molecular flexibility index (Phi) is 5.27. The van der Waals surface area contributed by atoms with E-state index in [1.54, 1.807) is 14.0 Å². The Morgan fingerprint density at radius 1 is 1.24 bits per heavy atom. The zero-order valence-electron chi connectivity index (χ0n) is 14.9. The molecule has 0 aliphatic heterocycles. The molecule has 1 amide bonds. The number of benzene rings is 2. The molecular weight excluding hydrogens is 312 g/mol. The Bertz CT molecular complexity index is 740. The minimum absolute atomic E-state index is 0.0248. The van der Waals surface area contributed by atoms with E-state index in [0.29, 0.717) is 18.4 Å². The summed E-state index contributed by atoms with van der Waals surface area (Å²) in [6.07, 6.45) is 3.04. The molecule has 0 aromatic heterocycles. The second-order valence-electron chi connectivity index (χ2n) is 6.84. The van der Waals surface area contributed by atoms with Crippen LogP contribution in [0.1, 0.15) is 48.3 Å². The number of nitrogen functional groups attached to an aromatic ring is 1. The standard InChI is InChI=1S/C21H26N2O2/c1-14(24)23-10-9-17-12-18(15-3-6-19(22)7-4-15)11-16-5-8-20(25-2)13-21(16)17/h3-8,13,17-18H,9-12,22H2,1-2H3,(H,23,24). The van der Waals surface area contributed by atoms with Crippen molar-refractivity contribution < 1.29 is 9.53 Å². The summed E-state index contributed by atoms with van der Waals surface area (Å²) in [7, 11) is 1.70. The highest BCUT2D eigenvalue weighted by atomic mass is 16.5. The first-order valence-corrected chi connectivity index (χ1v) is 8.83. The van der Waals surface area contributed by atoms with E-state index < -0.39 is 0 Å². The van der Waals surface area contributed by atoms with Crippen LogP contribution in [0.5, 0.6) is 5.75 Å². The lowest BCUT2D eigenvalue weighted by molar-refractivity contribution is -0.118. The van der Waals surface area contributed by atoms with Crippen LogP contribution in [0.25, 0.3) is 0 Å². The van der Waals surface area contributed by atoms with Crippen molar-refractivity contribution in [2.75, 3.05) is 19.4 Å². The predicted molar refractivity (Wildman–Crippen MR) is 101 cm³/mol. The van der Waals surface area contributed by atoms with E-state index in [0.717, 1.165) is 30.7 Å². The maximum atomic E-state index is 11.2. The van der Waals surface area contributed by atoms with Crippen molar-refractivity contribution >= 4 is 11.6 Å². The number of nitrogens with two attached hydrogens (primary N) is 1. The smallest absolute Gasteiger partial charge is 0.216 e. The van der Waals surface area contributed by atoms with Gasteiger partial charge in [0.15, 0.2) is 0 Å². The van der Waals surface area contributed by atoms with Gasteiger partial charge in [0.05, 0.1) is 7.11 Å². The molecule has 3 N–H and O–H groups in total. The minimum Gasteiger partial charge on any atom is -0.497 e. The fraction of sp³-hybridized carbons (Fsp3) is 0.381. The van der Waals surface area contributed by atoms with Gasteiger partial charge in [0.25, 0.3) is 0 Å². The topological polar surface area (TPSA) is 64.3 Å². The molecule has 0 heterocycles. The Labute approximate surface area is 149 Å². The number of ether oxygens (including phenoxy) is 1.